The van der Waals surface area contributed by atoms with E-state index in [-0.39, 0.29) is 25.7 Å². The van der Waals surface area contributed by atoms with Crippen molar-refractivity contribution in [1.29, 1.82) is 0 Å². The van der Waals surface area contributed by atoms with Crippen LogP contribution in [0.1, 0.15) is 272 Å². The highest BCUT2D eigenvalue weighted by molar-refractivity contribution is 7.47. The van der Waals surface area contributed by atoms with Crippen molar-refractivity contribution in [1.82, 2.24) is 0 Å². The molecule has 5 unspecified atom stereocenters. The zero-order valence-electron chi connectivity index (χ0n) is 58.3. The van der Waals surface area contributed by atoms with Gasteiger partial charge in [-0.15, -0.1) is 0 Å². The third-order valence-electron chi connectivity index (χ3n) is 14.4. The lowest BCUT2D eigenvalue weighted by Gasteiger charge is -2.21. The Morgan fingerprint density at radius 1 is 0.319 bits per heavy atom. The van der Waals surface area contributed by atoms with Gasteiger partial charge < -0.3 is 33.8 Å². The van der Waals surface area contributed by atoms with Gasteiger partial charge in [0.1, 0.15) is 19.3 Å². The van der Waals surface area contributed by atoms with Gasteiger partial charge in [0.15, 0.2) is 12.2 Å². The number of phosphoric ester groups is 2. The molecule has 0 aliphatic rings. The van der Waals surface area contributed by atoms with E-state index in [9.17, 15) is 43.2 Å². The normalized spacial score (nSPS) is 14.8. The Morgan fingerprint density at radius 3 is 1.00 bits per heavy atom. The van der Waals surface area contributed by atoms with Crippen LogP contribution in [0.4, 0.5) is 0 Å². The molecule has 0 heterocycles. The van der Waals surface area contributed by atoms with Gasteiger partial charge in [-0.1, -0.05) is 239 Å². The fourth-order valence-corrected chi connectivity index (χ4v) is 10.5. The molecule has 0 saturated carbocycles. The molecule has 0 radical (unpaired) electrons. The van der Waals surface area contributed by atoms with E-state index < -0.39 is 97.5 Å². The van der Waals surface area contributed by atoms with E-state index in [0.717, 1.165) is 167 Å². The number of aliphatic hydroxyl groups excluding tert-OH is 1. The van der Waals surface area contributed by atoms with Crippen LogP contribution in [0.2, 0.25) is 0 Å². The molecule has 0 amide bonds. The molecule has 19 heteroatoms. The van der Waals surface area contributed by atoms with E-state index in [2.05, 4.69) is 125 Å². The fourth-order valence-electron chi connectivity index (χ4n) is 8.95. The van der Waals surface area contributed by atoms with Crippen LogP contribution in [0.3, 0.4) is 0 Å². The Balaban J connectivity index is 5.43. The molecule has 0 fully saturated rings. The largest absolute Gasteiger partial charge is 0.472 e. The fraction of sp³-hybridized carbons (Fsp3) is 0.680. The maximum absolute atomic E-state index is 13.0. The molecule has 3 N–H and O–H groups in total. The lowest BCUT2D eigenvalue weighted by atomic mass is 10.1. The summed E-state index contributed by atoms with van der Waals surface area (Å²) in [5.74, 6) is -2.37. The number of phosphoric acid groups is 2. The first-order valence-electron chi connectivity index (χ1n) is 35.8. The van der Waals surface area contributed by atoms with Crippen molar-refractivity contribution in [3.05, 3.63) is 122 Å². The number of carbonyl (C=O) groups is 4. The smallest absolute Gasteiger partial charge is 0.462 e. The highest BCUT2D eigenvalue weighted by Gasteiger charge is 2.30. The lowest BCUT2D eigenvalue weighted by Crippen LogP contribution is -2.30. The van der Waals surface area contributed by atoms with E-state index in [1.54, 1.807) is 6.08 Å². The van der Waals surface area contributed by atoms with Gasteiger partial charge >= 0.3 is 39.5 Å². The summed E-state index contributed by atoms with van der Waals surface area (Å²) in [6.07, 6.45) is 71.0. The number of allylic oxidation sites excluding steroid dienone is 19. The summed E-state index contributed by atoms with van der Waals surface area (Å²) in [5.41, 5.74) is 0. The number of ether oxygens (including phenoxy) is 4. The minimum absolute atomic E-state index is 0.0564. The van der Waals surface area contributed by atoms with E-state index in [0.29, 0.717) is 25.7 Å². The molecule has 94 heavy (non-hydrogen) atoms. The molecular weight excluding hydrogens is 1230 g/mol. The molecule has 5 atom stereocenters. The predicted octanol–water partition coefficient (Wildman–Crippen LogP) is 20.0. The van der Waals surface area contributed by atoms with Crippen molar-refractivity contribution in [2.45, 2.75) is 290 Å². The Morgan fingerprint density at radius 2 is 0.617 bits per heavy atom. The minimum Gasteiger partial charge on any atom is -0.462 e. The summed E-state index contributed by atoms with van der Waals surface area (Å²) >= 11 is 0. The van der Waals surface area contributed by atoms with Crippen molar-refractivity contribution in [2.75, 3.05) is 39.6 Å². The number of hydrogen-bond donors (Lipinski definition) is 3. The number of hydrogen-bond acceptors (Lipinski definition) is 15. The lowest BCUT2D eigenvalue weighted by molar-refractivity contribution is -0.161. The monoisotopic (exact) mass is 1360 g/mol. The van der Waals surface area contributed by atoms with Crippen LogP contribution < -0.4 is 0 Å². The van der Waals surface area contributed by atoms with Gasteiger partial charge in [0.25, 0.3) is 0 Å². The average molecular weight is 1360 g/mol. The van der Waals surface area contributed by atoms with Crippen LogP contribution in [-0.4, -0.2) is 96.7 Å². The maximum Gasteiger partial charge on any atom is 0.472 e. The number of esters is 4. The highest BCUT2D eigenvalue weighted by atomic mass is 31.2. The maximum atomic E-state index is 13.0. The topological polar surface area (TPSA) is 237 Å². The van der Waals surface area contributed by atoms with Gasteiger partial charge in [-0.25, -0.2) is 9.13 Å². The zero-order valence-corrected chi connectivity index (χ0v) is 60.1. The second-order valence-corrected chi connectivity index (χ2v) is 26.4. The summed E-state index contributed by atoms with van der Waals surface area (Å²) in [7, 11) is -9.98. The Hall–Kier alpha value is -4.54. The zero-order chi connectivity index (χ0) is 69.0. The third kappa shape index (κ3) is 66.1. The molecule has 0 bridgehead atoms. The molecule has 17 nitrogen and oxygen atoms in total. The summed E-state index contributed by atoms with van der Waals surface area (Å²) in [6, 6.07) is 0. The van der Waals surface area contributed by atoms with Gasteiger partial charge in [0, 0.05) is 19.3 Å². The van der Waals surface area contributed by atoms with Gasteiger partial charge in [-0.2, -0.15) is 0 Å². The third-order valence-corrected chi connectivity index (χ3v) is 16.3. The Kier molecular flexibility index (Phi) is 63.8. The minimum atomic E-state index is -4.99. The first-order valence-corrected chi connectivity index (χ1v) is 38.8. The van der Waals surface area contributed by atoms with Crippen LogP contribution in [0, 0.1) is 0 Å². The van der Waals surface area contributed by atoms with Crippen molar-refractivity contribution in [3.8, 4) is 0 Å². The van der Waals surface area contributed by atoms with E-state index in [1.165, 1.54) is 25.7 Å². The number of unbranched alkanes of at least 4 members (excludes halogenated alkanes) is 21. The molecule has 0 aromatic heterocycles. The molecule has 0 aliphatic heterocycles. The van der Waals surface area contributed by atoms with Crippen LogP contribution in [0.15, 0.2) is 122 Å². The number of rotatable bonds is 66. The van der Waals surface area contributed by atoms with Gasteiger partial charge in [0.05, 0.1) is 32.8 Å². The molecule has 0 aromatic rings. The average Bonchev–Trinajstić information content (AvgIpc) is 1.67. The summed E-state index contributed by atoms with van der Waals surface area (Å²) in [5, 5.41) is 10.6. The molecule has 0 aromatic carbocycles. The summed E-state index contributed by atoms with van der Waals surface area (Å²) in [4.78, 5) is 72.5. The second kappa shape index (κ2) is 67.0. The van der Waals surface area contributed by atoms with Crippen molar-refractivity contribution < 1.29 is 80.2 Å². The van der Waals surface area contributed by atoms with Crippen LogP contribution in [0.5, 0.6) is 0 Å². The quantitative estimate of drug-likeness (QED) is 0.0169. The molecule has 0 rings (SSSR count). The summed E-state index contributed by atoms with van der Waals surface area (Å²) < 4.78 is 68.1. The summed E-state index contributed by atoms with van der Waals surface area (Å²) in [6.45, 7) is 4.43. The van der Waals surface area contributed by atoms with Gasteiger partial charge in [-0.05, 0) is 128 Å². The number of aliphatic hydroxyl groups is 1. The number of carbonyl (C=O) groups excluding carboxylic acids is 4. The van der Waals surface area contributed by atoms with Crippen molar-refractivity contribution in [3.63, 3.8) is 0 Å². The molecule has 0 saturated heterocycles. The van der Waals surface area contributed by atoms with Gasteiger partial charge in [-0.3, -0.25) is 37.3 Å². The van der Waals surface area contributed by atoms with Crippen molar-refractivity contribution in [2.24, 2.45) is 0 Å². The predicted molar refractivity (Wildman–Crippen MR) is 381 cm³/mol. The van der Waals surface area contributed by atoms with Gasteiger partial charge in [0.2, 0.25) is 0 Å². The molecular formula is C75H126O17P2. The SMILES string of the molecule is CC/C=C\C/C=C\C/C=C\C/C=C\C/C=C\CC(=O)OCC(COP(=O)(O)OCC(O)COP(=O)(O)OCC(COC(=O)CCCCCCC/C=C\C/C=C\CCC)OC(=O)CCCCCCC/C=C\CCCCCC)OC(=O)CCCCCCC/C=C\C/C=C\CCC. The van der Waals surface area contributed by atoms with Crippen LogP contribution in [-0.2, 0) is 65.4 Å². The van der Waals surface area contributed by atoms with E-state index in [1.807, 2.05) is 18.2 Å². The van der Waals surface area contributed by atoms with Crippen molar-refractivity contribution >= 4 is 39.5 Å². The Bertz CT molecular complexity index is 2270. The van der Waals surface area contributed by atoms with E-state index in [4.69, 9.17) is 37.0 Å². The van der Waals surface area contributed by atoms with E-state index >= 15 is 0 Å². The first kappa shape index (κ1) is 89.5. The Labute approximate surface area is 568 Å². The molecule has 0 spiro atoms. The standard InChI is InChI=1S/C75H126O17P2/c1-5-9-13-17-21-25-29-33-34-38-40-44-48-52-56-60-73(78)86-66-71(92-75(80)62-58-54-50-46-42-37-32-28-24-20-16-12-8-4)68-90-94(83,84)88-64-69(76)63-87-93(81,82)89-67-70(91-74(79)61-57-53-49-45-41-36-31-27-23-19-15-11-7-3)65-85-72(77)59-55-51-47-43-39-35-30-26-22-18-14-10-6-2/h9,13-14,16,18,20-21,25-28,30-34,40,44,52,56,69-71,76H,5-8,10-12,15,17,19,22-24,29,35-39,41-43,45-51,53-55,57-68H2,1-4H3,(H,81,82)(H,83,84)/b13-9-,18-14-,20-16-,25-21-,30-26-,31-27-,32-28-,34-33-,44-40-,56-52-. The molecule has 0 aliphatic carbocycles. The van der Waals surface area contributed by atoms with Crippen LogP contribution >= 0.6 is 15.6 Å². The molecule has 538 valence electrons. The highest BCUT2D eigenvalue weighted by Crippen LogP contribution is 2.45. The van der Waals surface area contributed by atoms with Crippen LogP contribution in [0.25, 0.3) is 0 Å². The first-order chi connectivity index (χ1) is 45.7. The second-order valence-electron chi connectivity index (χ2n) is 23.5.